The first-order valence-electron chi connectivity index (χ1n) is 14.5. The van der Waals surface area contributed by atoms with E-state index < -0.39 is 11.7 Å². The number of likely N-dealkylation sites (tertiary alicyclic amines) is 1. The fraction of sp³-hybridized carbons (Fsp3) is 0.750. The molecule has 0 aromatic carbocycles. The van der Waals surface area contributed by atoms with Gasteiger partial charge in [0.1, 0.15) is 0 Å². The molecule has 8 nitrogen and oxygen atoms in total. The number of rotatable bonds is 8. The predicted molar refractivity (Wildman–Crippen MR) is 142 cm³/mol. The summed E-state index contributed by atoms with van der Waals surface area (Å²) in [5.41, 5.74) is 6.10. The molecule has 4 heterocycles. The number of aromatic nitrogens is 2. The van der Waals surface area contributed by atoms with Crippen molar-refractivity contribution in [3.63, 3.8) is 0 Å². The van der Waals surface area contributed by atoms with Gasteiger partial charge in [0.05, 0.1) is 30.5 Å². The number of ether oxygens (including phenoxy) is 1. The molecule has 0 radical (unpaired) electrons. The number of nitrogens with zero attached hydrogens (tertiary/aromatic N) is 4. The zero-order chi connectivity index (χ0) is 27.3. The first-order chi connectivity index (χ1) is 18.7. The second kappa shape index (κ2) is 10.8. The fourth-order valence-electron chi connectivity index (χ4n) is 7.56. The summed E-state index contributed by atoms with van der Waals surface area (Å²) in [7, 11) is 3.76. The van der Waals surface area contributed by atoms with Gasteiger partial charge in [0.25, 0.3) is 0 Å². The highest BCUT2D eigenvalue weighted by Crippen LogP contribution is 2.47. The number of alkyl halides is 3. The molecule has 4 fully saturated rings. The van der Waals surface area contributed by atoms with Gasteiger partial charge in [-0.25, -0.2) is 15.6 Å². The summed E-state index contributed by atoms with van der Waals surface area (Å²) in [6.07, 6.45) is 7.19. The number of imidazole rings is 1. The molecule has 5 atom stereocenters. The topological polar surface area (TPSA) is 66.2 Å². The lowest BCUT2D eigenvalue weighted by Crippen LogP contribution is -2.50. The Bertz CT molecular complexity index is 1220. The van der Waals surface area contributed by atoms with E-state index in [0.29, 0.717) is 36.5 Å². The second-order valence-electron chi connectivity index (χ2n) is 12.2. The molecule has 2 saturated carbocycles. The van der Waals surface area contributed by atoms with Gasteiger partial charge in [-0.1, -0.05) is 25.7 Å². The Hall–Kier alpha value is -1.92. The Balaban J connectivity index is 1.30. The molecular weight excluding hydrogens is 509 g/mol. The van der Waals surface area contributed by atoms with Gasteiger partial charge < -0.3 is 4.74 Å². The number of pyridine rings is 1. The third-order valence-electron chi connectivity index (χ3n) is 9.90. The largest absolute Gasteiger partial charge is 0.418 e. The van der Waals surface area contributed by atoms with Crippen LogP contribution in [0.3, 0.4) is 0 Å². The summed E-state index contributed by atoms with van der Waals surface area (Å²) in [5, 5.41) is 0. The molecule has 0 amide bonds. The van der Waals surface area contributed by atoms with Crippen LogP contribution in [0.5, 0.6) is 0 Å². The minimum Gasteiger partial charge on any atom is -0.383 e. The molecular formula is C28H41F3N6O2. The predicted octanol–water partition coefficient (Wildman–Crippen LogP) is 3.81. The van der Waals surface area contributed by atoms with Crippen LogP contribution in [0.4, 0.5) is 13.2 Å². The van der Waals surface area contributed by atoms with Gasteiger partial charge in [-0.05, 0) is 62.1 Å². The Labute approximate surface area is 227 Å². The average Bonchev–Trinajstić information content (AvgIpc) is 3.44. The van der Waals surface area contributed by atoms with Crippen molar-refractivity contribution in [2.24, 2.45) is 17.8 Å². The van der Waals surface area contributed by atoms with Gasteiger partial charge in [0, 0.05) is 44.7 Å². The summed E-state index contributed by atoms with van der Waals surface area (Å²) in [5.74, 6) is 1.54. The fourth-order valence-corrected chi connectivity index (χ4v) is 7.56. The number of nitrogens with one attached hydrogen (secondary N) is 2. The first kappa shape index (κ1) is 27.3. The van der Waals surface area contributed by atoms with Crippen molar-refractivity contribution in [1.29, 1.82) is 0 Å². The Morgan fingerprint density at radius 3 is 2.49 bits per heavy atom. The van der Waals surface area contributed by atoms with E-state index in [1.165, 1.54) is 35.9 Å². The third-order valence-corrected chi connectivity index (χ3v) is 9.90. The van der Waals surface area contributed by atoms with Gasteiger partial charge in [-0.2, -0.15) is 13.2 Å². The van der Waals surface area contributed by atoms with Crippen LogP contribution in [-0.2, 0) is 17.5 Å². The number of halogens is 3. The quantitative estimate of drug-likeness (QED) is 0.521. The molecule has 2 aliphatic heterocycles. The zero-order valence-corrected chi connectivity index (χ0v) is 22.9. The Kier molecular flexibility index (Phi) is 7.56. The molecule has 4 aliphatic rings. The molecule has 2 aromatic heterocycles. The lowest BCUT2D eigenvalue weighted by molar-refractivity contribution is -0.136. The molecule has 216 valence electrons. The van der Waals surface area contributed by atoms with Crippen LogP contribution in [0.2, 0.25) is 0 Å². The molecule has 2 aromatic rings. The van der Waals surface area contributed by atoms with E-state index >= 15 is 0 Å². The maximum absolute atomic E-state index is 14.2. The smallest absolute Gasteiger partial charge is 0.383 e. The second-order valence-corrected chi connectivity index (χ2v) is 12.2. The number of hydrogen-bond acceptors (Lipinski definition) is 6. The van der Waals surface area contributed by atoms with E-state index in [9.17, 15) is 18.0 Å². The molecule has 2 saturated heterocycles. The van der Waals surface area contributed by atoms with Gasteiger partial charge in [-0.15, -0.1) is 0 Å². The maximum atomic E-state index is 14.2. The lowest BCUT2D eigenvalue weighted by atomic mass is 9.65. The highest BCUT2D eigenvalue weighted by molar-refractivity contribution is 5.56. The van der Waals surface area contributed by atoms with Crippen LogP contribution in [0.25, 0.3) is 5.52 Å². The van der Waals surface area contributed by atoms with Gasteiger partial charge in [-0.3, -0.25) is 18.8 Å². The third kappa shape index (κ3) is 5.16. The van der Waals surface area contributed by atoms with Crippen molar-refractivity contribution in [2.45, 2.75) is 82.3 Å². The number of fused-ring (bicyclic) bond motifs is 1. The van der Waals surface area contributed by atoms with Gasteiger partial charge in [0.15, 0.2) is 0 Å². The van der Waals surface area contributed by atoms with Gasteiger partial charge >= 0.3 is 11.9 Å². The molecule has 6 rings (SSSR count). The molecule has 0 spiro atoms. The van der Waals surface area contributed by atoms with Crippen molar-refractivity contribution in [3.05, 3.63) is 40.1 Å². The normalized spacial score (nSPS) is 30.0. The van der Waals surface area contributed by atoms with E-state index in [2.05, 4.69) is 27.7 Å². The Morgan fingerprint density at radius 1 is 1.10 bits per heavy atom. The molecule has 39 heavy (non-hydrogen) atoms. The van der Waals surface area contributed by atoms with Crippen LogP contribution < -0.4 is 16.5 Å². The van der Waals surface area contributed by atoms with Crippen molar-refractivity contribution < 1.29 is 17.9 Å². The highest BCUT2D eigenvalue weighted by atomic mass is 19.4. The molecule has 11 heteroatoms. The molecule has 3 unspecified atom stereocenters. The van der Waals surface area contributed by atoms with Crippen molar-refractivity contribution >= 4 is 5.52 Å². The summed E-state index contributed by atoms with van der Waals surface area (Å²) in [4.78, 5) is 18.1. The molecule has 0 bridgehead atoms. The minimum atomic E-state index is -4.54. The van der Waals surface area contributed by atoms with E-state index in [0.717, 1.165) is 45.3 Å². The highest BCUT2D eigenvalue weighted by Gasteiger charge is 2.44. The number of methoxy groups -OCH3 is 1. The number of hydrogen-bond donors (Lipinski definition) is 2. The first-order valence-corrected chi connectivity index (χ1v) is 14.5. The monoisotopic (exact) mass is 550 g/mol. The maximum Gasteiger partial charge on any atom is 0.418 e. The van der Waals surface area contributed by atoms with Crippen LogP contribution in [0, 0.1) is 17.8 Å². The van der Waals surface area contributed by atoms with E-state index in [1.54, 1.807) is 17.9 Å². The van der Waals surface area contributed by atoms with Crippen LogP contribution in [-0.4, -0.2) is 65.0 Å². The number of hydrazine groups is 1. The standard InChI is InChI=1S/C28H41F3N6O2/c1-34-17-32-33-26(34)25(19-5-3-6-19)20-7-4-8-21(12-20)36-15-24-23(28(29,30)31)11-18(14-37(24)27(36)38)13-35-10-9-22(35)16-39-2/h11,14-15,19-22,25-26,32-33H,3-10,12-13,16-17H2,1-2H3/t20?,21?,22-,25-,26?/m1/s1. The van der Waals surface area contributed by atoms with Crippen molar-refractivity contribution in [3.8, 4) is 0 Å². The SMILES string of the molecule is COC[C@H]1CCN1Cc1cc(C(F)(F)F)c2cn(C3CCCC([C@@H](C4CCC4)C4NNCN4C)C3)c(=O)n2c1. The van der Waals surface area contributed by atoms with Crippen LogP contribution >= 0.6 is 0 Å². The summed E-state index contributed by atoms with van der Waals surface area (Å²) >= 11 is 0. The van der Waals surface area contributed by atoms with Crippen molar-refractivity contribution in [2.75, 3.05) is 34.0 Å². The lowest BCUT2D eigenvalue weighted by Gasteiger charge is -2.46. The van der Waals surface area contributed by atoms with E-state index in [4.69, 9.17) is 4.74 Å². The van der Waals surface area contributed by atoms with Gasteiger partial charge in [0.2, 0.25) is 0 Å². The average molecular weight is 551 g/mol. The van der Waals surface area contributed by atoms with E-state index in [-0.39, 0.29) is 29.5 Å². The minimum absolute atomic E-state index is 0.0487. The van der Waals surface area contributed by atoms with Crippen molar-refractivity contribution in [1.82, 2.24) is 29.6 Å². The summed E-state index contributed by atoms with van der Waals surface area (Å²) in [6.45, 7) is 2.53. The summed E-state index contributed by atoms with van der Waals surface area (Å²) < 4.78 is 50.8. The summed E-state index contributed by atoms with van der Waals surface area (Å²) in [6, 6.07) is 1.34. The van der Waals surface area contributed by atoms with E-state index in [1.807, 2.05) is 0 Å². The molecule has 2 aliphatic carbocycles. The van der Waals surface area contributed by atoms with Crippen LogP contribution in [0.1, 0.15) is 68.5 Å². The Morgan fingerprint density at radius 2 is 1.87 bits per heavy atom. The van der Waals surface area contributed by atoms with Crippen LogP contribution in [0.15, 0.2) is 23.3 Å². The molecule has 2 N–H and O–H groups in total. The zero-order valence-electron chi connectivity index (χ0n) is 22.9.